The molecule has 21 heavy (non-hydrogen) atoms. The molecule has 2 rings (SSSR count). The molecule has 122 valence electrons. The first-order valence-corrected chi connectivity index (χ1v) is 7.77. The second kappa shape index (κ2) is 10.4. The second-order valence-electron chi connectivity index (χ2n) is 5.24. The van der Waals surface area contributed by atoms with Gasteiger partial charge in [0.05, 0.1) is 12.1 Å². The lowest BCUT2D eigenvalue weighted by atomic mass is 10.0. The van der Waals surface area contributed by atoms with Crippen LogP contribution in [0.25, 0.3) is 0 Å². The van der Waals surface area contributed by atoms with E-state index >= 15 is 0 Å². The van der Waals surface area contributed by atoms with Crippen LogP contribution in [0.5, 0.6) is 0 Å². The lowest BCUT2D eigenvalue weighted by molar-refractivity contribution is -0.123. The molecule has 1 saturated heterocycles. The van der Waals surface area contributed by atoms with Crippen LogP contribution in [0.15, 0.2) is 17.5 Å². The summed E-state index contributed by atoms with van der Waals surface area (Å²) in [6.45, 7) is 1.63. The average molecular weight is 354 g/mol. The molecule has 0 aliphatic carbocycles. The summed E-state index contributed by atoms with van der Waals surface area (Å²) in [5.41, 5.74) is 0. The molecular weight excluding hydrogens is 329 g/mol. The number of piperidine rings is 1. The van der Waals surface area contributed by atoms with Crippen molar-refractivity contribution in [3.05, 3.63) is 22.4 Å². The van der Waals surface area contributed by atoms with Crippen molar-refractivity contribution >= 4 is 42.1 Å². The van der Waals surface area contributed by atoms with Crippen molar-refractivity contribution in [3.8, 4) is 0 Å². The first kappa shape index (κ1) is 20.7. The fourth-order valence-corrected chi connectivity index (χ4v) is 3.34. The lowest BCUT2D eigenvalue weighted by Crippen LogP contribution is -2.48. The summed E-state index contributed by atoms with van der Waals surface area (Å²) in [5.74, 6) is 0.142. The Kier molecular flexibility index (Phi) is 10.2. The number of thiophene rings is 1. The van der Waals surface area contributed by atoms with Gasteiger partial charge in [0.2, 0.25) is 5.91 Å². The molecule has 0 aromatic carbocycles. The number of rotatable bonds is 5. The molecule has 1 aromatic heterocycles. The summed E-state index contributed by atoms with van der Waals surface area (Å²) in [6.07, 6.45) is 3.28. The maximum Gasteiger partial charge on any atom is 0.237 e. The van der Waals surface area contributed by atoms with Gasteiger partial charge in [-0.15, -0.1) is 36.2 Å². The largest absolute Gasteiger partial charge is 0.353 e. The Labute approximate surface area is 143 Å². The number of halogens is 2. The van der Waals surface area contributed by atoms with Crippen LogP contribution in [0.1, 0.15) is 30.2 Å². The quantitative estimate of drug-likeness (QED) is 0.854. The molecule has 0 radical (unpaired) electrons. The van der Waals surface area contributed by atoms with Gasteiger partial charge >= 0.3 is 0 Å². The second-order valence-corrected chi connectivity index (χ2v) is 6.22. The molecule has 0 bridgehead atoms. The highest BCUT2D eigenvalue weighted by Gasteiger charge is 2.22. The number of hydrogen-bond donors (Lipinski definition) is 2. The smallest absolute Gasteiger partial charge is 0.237 e. The van der Waals surface area contributed by atoms with Gasteiger partial charge in [-0.25, -0.2) is 0 Å². The lowest BCUT2D eigenvalue weighted by Gasteiger charge is -2.26. The van der Waals surface area contributed by atoms with E-state index in [1.807, 2.05) is 0 Å². The molecule has 1 fully saturated rings. The monoisotopic (exact) mass is 353 g/mol. The number of nitrogens with zero attached hydrogens (tertiary/aromatic N) is 1. The molecular formula is C14H25Cl2N3OS. The van der Waals surface area contributed by atoms with Crippen molar-refractivity contribution in [3.63, 3.8) is 0 Å². The Morgan fingerprint density at radius 2 is 2.24 bits per heavy atom. The maximum atomic E-state index is 12.1. The highest BCUT2D eigenvalue weighted by molar-refractivity contribution is 7.10. The normalized spacial score (nSPS) is 19.3. The molecule has 4 nitrogen and oxygen atoms in total. The average Bonchev–Trinajstić information content (AvgIpc) is 2.93. The fourth-order valence-electron chi connectivity index (χ4n) is 2.41. The summed E-state index contributed by atoms with van der Waals surface area (Å²) in [6, 6.07) is 4.44. The van der Waals surface area contributed by atoms with Crippen molar-refractivity contribution in [1.29, 1.82) is 0 Å². The van der Waals surface area contributed by atoms with E-state index in [0.29, 0.717) is 6.54 Å². The van der Waals surface area contributed by atoms with Crippen LogP contribution in [0.2, 0.25) is 0 Å². The standard InChI is InChI=1S/C14H23N3OS.2ClH/c1-17(2)12(13-7-5-9-19-13)10-16-14(18)11-6-3-4-8-15-11;;/h5,7,9,11-12,15H,3-4,6,8,10H2,1-2H3,(H,16,18);2*1H/t11-,12?;;/m0../s1. The molecule has 1 aliphatic rings. The third kappa shape index (κ3) is 6.12. The Bertz CT molecular complexity index is 395. The number of carbonyl (C=O) groups is 1. The highest BCUT2D eigenvalue weighted by atomic mass is 35.5. The zero-order valence-electron chi connectivity index (χ0n) is 12.5. The maximum absolute atomic E-state index is 12.1. The van der Waals surface area contributed by atoms with Crippen LogP contribution in [-0.4, -0.2) is 44.0 Å². The van der Waals surface area contributed by atoms with Crippen molar-refractivity contribution in [2.75, 3.05) is 27.2 Å². The van der Waals surface area contributed by atoms with Gasteiger partial charge in [-0.2, -0.15) is 0 Å². The van der Waals surface area contributed by atoms with Crippen molar-refractivity contribution in [2.24, 2.45) is 0 Å². The van der Waals surface area contributed by atoms with Gasteiger partial charge in [-0.05, 0) is 44.9 Å². The summed E-state index contributed by atoms with van der Waals surface area (Å²) >= 11 is 1.74. The van der Waals surface area contributed by atoms with Crippen LogP contribution in [-0.2, 0) is 4.79 Å². The van der Waals surface area contributed by atoms with E-state index in [-0.39, 0.29) is 42.8 Å². The summed E-state index contributed by atoms with van der Waals surface area (Å²) in [7, 11) is 4.10. The summed E-state index contributed by atoms with van der Waals surface area (Å²) in [5, 5.41) is 8.45. The van der Waals surface area contributed by atoms with Crippen LogP contribution in [0.3, 0.4) is 0 Å². The van der Waals surface area contributed by atoms with Gasteiger partial charge in [0, 0.05) is 11.4 Å². The van der Waals surface area contributed by atoms with Gasteiger partial charge in [-0.1, -0.05) is 12.5 Å². The minimum Gasteiger partial charge on any atom is -0.353 e. The van der Waals surface area contributed by atoms with E-state index < -0.39 is 0 Å². The molecule has 0 saturated carbocycles. The fraction of sp³-hybridized carbons (Fsp3) is 0.643. The SMILES string of the molecule is CN(C)C(CNC(=O)[C@@H]1CCCCN1)c1cccs1.Cl.Cl. The third-order valence-electron chi connectivity index (χ3n) is 3.59. The van der Waals surface area contributed by atoms with Crippen LogP contribution >= 0.6 is 36.2 Å². The number of amides is 1. The van der Waals surface area contributed by atoms with Crippen molar-refractivity contribution in [2.45, 2.75) is 31.3 Å². The Hall–Kier alpha value is -0.330. The van der Waals surface area contributed by atoms with Crippen molar-refractivity contribution in [1.82, 2.24) is 15.5 Å². The summed E-state index contributed by atoms with van der Waals surface area (Å²) in [4.78, 5) is 15.6. The first-order valence-electron chi connectivity index (χ1n) is 6.89. The number of carbonyl (C=O) groups excluding carboxylic acids is 1. The van der Waals surface area contributed by atoms with E-state index in [9.17, 15) is 4.79 Å². The molecule has 1 aromatic rings. The predicted octanol–water partition coefficient (Wildman–Crippen LogP) is 2.45. The van der Waals surface area contributed by atoms with E-state index in [2.05, 4.69) is 47.1 Å². The zero-order chi connectivity index (χ0) is 13.7. The molecule has 2 N–H and O–H groups in total. The van der Waals surface area contributed by atoms with Gasteiger partial charge in [0.1, 0.15) is 0 Å². The van der Waals surface area contributed by atoms with Crippen LogP contribution < -0.4 is 10.6 Å². The Morgan fingerprint density at radius 3 is 2.76 bits per heavy atom. The predicted molar refractivity (Wildman–Crippen MR) is 93.9 cm³/mol. The van der Waals surface area contributed by atoms with Gasteiger partial charge < -0.3 is 15.5 Å². The third-order valence-corrected chi connectivity index (χ3v) is 4.56. The Balaban J connectivity index is 0.00000200. The first-order chi connectivity index (χ1) is 9.18. The minimum atomic E-state index is -0.0000945. The summed E-state index contributed by atoms with van der Waals surface area (Å²) < 4.78 is 0. The van der Waals surface area contributed by atoms with Gasteiger partial charge in [-0.3, -0.25) is 4.79 Å². The van der Waals surface area contributed by atoms with E-state index in [4.69, 9.17) is 0 Å². The number of nitrogens with one attached hydrogen (secondary N) is 2. The van der Waals surface area contributed by atoms with Gasteiger partial charge in [0.15, 0.2) is 0 Å². The van der Waals surface area contributed by atoms with E-state index in [0.717, 1.165) is 19.4 Å². The molecule has 1 amide bonds. The molecule has 0 spiro atoms. The molecule has 7 heteroatoms. The number of likely N-dealkylation sites (N-methyl/N-ethyl adjacent to an activating group) is 1. The minimum absolute atomic E-state index is 0. The van der Waals surface area contributed by atoms with Crippen LogP contribution in [0.4, 0.5) is 0 Å². The van der Waals surface area contributed by atoms with Gasteiger partial charge in [0.25, 0.3) is 0 Å². The van der Waals surface area contributed by atoms with Crippen molar-refractivity contribution < 1.29 is 4.79 Å². The molecule has 2 heterocycles. The van der Waals surface area contributed by atoms with Crippen LogP contribution in [0, 0.1) is 0 Å². The highest BCUT2D eigenvalue weighted by Crippen LogP contribution is 2.22. The molecule has 2 atom stereocenters. The molecule has 1 unspecified atom stereocenters. The zero-order valence-corrected chi connectivity index (χ0v) is 15.0. The molecule has 1 aliphatic heterocycles. The van der Waals surface area contributed by atoms with E-state index in [1.54, 1.807) is 11.3 Å². The number of hydrogen-bond acceptors (Lipinski definition) is 4. The Morgan fingerprint density at radius 1 is 1.48 bits per heavy atom. The topological polar surface area (TPSA) is 44.4 Å². The van der Waals surface area contributed by atoms with E-state index in [1.165, 1.54) is 11.3 Å².